The van der Waals surface area contributed by atoms with E-state index in [1.165, 1.54) is 0 Å². The molecule has 0 unspecified atom stereocenters. The molecule has 8 heteroatoms. The number of halogens is 1. The number of pyridine rings is 2. The predicted molar refractivity (Wildman–Crippen MR) is 114 cm³/mol. The average Bonchev–Trinajstić information content (AvgIpc) is 3.14. The summed E-state index contributed by atoms with van der Waals surface area (Å²) in [5, 5.41) is 0.858. The number of hydrogen-bond acceptors (Lipinski definition) is 5. The van der Waals surface area contributed by atoms with E-state index in [0.717, 1.165) is 16.5 Å². The van der Waals surface area contributed by atoms with Gasteiger partial charge in [0.15, 0.2) is 5.15 Å². The lowest BCUT2D eigenvalue weighted by Crippen LogP contribution is -2.13. The van der Waals surface area contributed by atoms with Crippen molar-refractivity contribution >= 4 is 38.4 Å². The molecule has 0 saturated heterocycles. The lowest BCUT2D eigenvalue weighted by atomic mass is 10.0. The van der Waals surface area contributed by atoms with Crippen molar-refractivity contribution < 1.29 is 12.8 Å². The summed E-state index contributed by atoms with van der Waals surface area (Å²) in [6, 6.07) is 12.1. The molecule has 0 spiro atoms. The highest BCUT2D eigenvalue weighted by Crippen LogP contribution is 2.33. The van der Waals surface area contributed by atoms with E-state index in [0.29, 0.717) is 17.2 Å². The molecular formula is C21H18ClN3O3S. The van der Waals surface area contributed by atoms with Gasteiger partial charge in [-0.05, 0) is 41.8 Å². The van der Waals surface area contributed by atoms with Crippen molar-refractivity contribution in [1.29, 1.82) is 0 Å². The Kier molecular flexibility index (Phi) is 5.02. The van der Waals surface area contributed by atoms with Gasteiger partial charge >= 0.3 is 0 Å². The van der Waals surface area contributed by atoms with Gasteiger partial charge in [-0.1, -0.05) is 37.6 Å². The smallest absolute Gasteiger partial charge is 0.261 e. The molecule has 29 heavy (non-hydrogen) atoms. The Hall–Kier alpha value is -2.90. The van der Waals surface area contributed by atoms with Gasteiger partial charge in [-0.25, -0.2) is 18.4 Å². The van der Waals surface area contributed by atoms with Crippen LogP contribution >= 0.6 is 11.6 Å². The number of nitrogens with zero attached hydrogens (tertiary/aromatic N) is 2. The Bertz CT molecular complexity index is 1280. The Morgan fingerprint density at radius 1 is 1.10 bits per heavy atom. The van der Waals surface area contributed by atoms with Crippen LogP contribution < -0.4 is 4.72 Å². The Balaban J connectivity index is 1.69. The molecular weight excluding hydrogens is 410 g/mol. The second kappa shape index (κ2) is 7.50. The zero-order chi connectivity index (χ0) is 20.6. The van der Waals surface area contributed by atoms with Crippen LogP contribution in [0.4, 0.5) is 5.69 Å². The maximum Gasteiger partial charge on any atom is 0.261 e. The number of hydrogen-bond donors (Lipinski definition) is 1. The number of nitrogens with one attached hydrogen (secondary N) is 1. The van der Waals surface area contributed by atoms with E-state index in [4.69, 9.17) is 16.0 Å². The second-order valence-corrected chi connectivity index (χ2v) is 8.94. The molecule has 6 nitrogen and oxygen atoms in total. The van der Waals surface area contributed by atoms with Crippen LogP contribution in [0.15, 0.2) is 70.4 Å². The summed E-state index contributed by atoms with van der Waals surface area (Å²) in [4.78, 5) is 8.45. The normalized spacial score (nSPS) is 11.9. The number of sulfonamides is 1. The third-order valence-corrected chi connectivity index (χ3v) is 6.28. The summed E-state index contributed by atoms with van der Waals surface area (Å²) >= 11 is 6.16. The monoisotopic (exact) mass is 427 g/mol. The van der Waals surface area contributed by atoms with Gasteiger partial charge in [-0.2, -0.15) is 0 Å². The first-order valence-corrected chi connectivity index (χ1v) is 10.8. The van der Waals surface area contributed by atoms with Crippen molar-refractivity contribution in [3.05, 3.63) is 71.8 Å². The molecule has 0 aliphatic rings. The van der Waals surface area contributed by atoms with Gasteiger partial charge in [-0.15, -0.1) is 0 Å². The van der Waals surface area contributed by atoms with Crippen LogP contribution in [-0.2, 0) is 10.0 Å². The minimum absolute atomic E-state index is 0.0575. The molecule has 0 bridgehead atoms. The fourth-order valence-corrected chi connectivity index (χ4v) is 4.26. The van der Waals surface area contributed by atoms with E-state index in [1.54, 1.807) is 55.1 Å². The fraction of sp³-hybridized carbons (Fsp3) is 0.143. The van der Waals surface area contributed by atoms with Crippen molar-refractivity contribution in [1.82, 2.24) is 9.97 Å². The van der Waals surface area contributed by atoms with E-state index < -0.39 is 10.0 Å². The van der Waals surface area contributed by atoms with Crippen LogP contribution in [0.5, 0.6) is 0 Å². The molecule has 0 fully saturated rings. The Morgan fingerprint density at radius 3 is 2.59 bits per heavy atom. The summed E-state index contributed by atoms with van der Waals surface area (Å²) in [6.07, 6.45) is 4.76. The van der Waals surface area contributed by atoms with Gasteiger partial charge in [0.1, 0.15) is 6.26 Å². The van der Waals surface area contributed by atoms with Crippen LogP contribution in [0.1, 0.15) is 25.3 Å². The highest BCUT2D eigenvalue weighted by molar-refractivity contribution is 7.92. The molecule has 0 aliphatic heterocycles. The number of furan rings is 1. The molecule has 0 atom stereocenters. The Morgan fingerprint density at radius 2 is 1.86 bits per heavy atom. The molecule has 3 aromatic heterocycles. The number of benzene rings is 1. The van der Waals surface area contributed by atoms with Gasteiger partial charge < -0.3 is 4.42 Å². The highest BCUT2D eigenvalue weighted by atomic mass is 35.5. The summed E-state index contributed by atoms with van der Waals surface area (Å²) in [7, 11) is -3.82. The van der Waals surface area contributed by atoms with Crippen molar-refractivity contribution in [2.45, 2.75) is 24.7 Å². The second-order valence-electron chi connectivity index (χ2n) is 6.90. The van der Waals surface area contributed by atoms with Gasteiger partial charge in [-0.3, -0.25) is 4.72 Å². The third-order valence-electron chi connectivity index (χ3n) is 4.60. The van der Waals surface area contributed by atoms with Crippen LogP contribution in [0.3, 0.4) is 0 Å². The quantitative estimate of drug-likeness (QED) is 0.427. The number of fused-ring (bicyclic) bond motifs is 1. The maximum atomic E-state index is 12.8. The summed E-state index contributed by atoms with van der Waals surface area (Å²) in [6.45, 7) is 4.10. The summed E-state index contributed by atoms with van der Waals surface area (Å²) < 4.78 is 33.6. The SMILES string of the molecule is CC(C)c1ccc(S(=O)(=O)Nc2cc(-c3coc4ncccc34)cnc2Cl)cc1. The van der Waals surface area contributed by atoms with E-state index in [9.17, 15) is 8.42 Å². The van der Waals surface area contributed by atoms with E-state index in [1.807, 2.05) is 19.9 Å². The zero-order valence-corrected chi connectivity index (χ0v) is 17.3. The zero-order valence-electron chi connectivity index (χ0n) is 15.8. The van der Waals surface area contributed by atoms with E-state index in [2.05, 4.69) is 14.7 Å². The van der Waals surface area contributed by atoms with Crippen LogP contribution in [0, 0.1) is 0 Å². The summed E-state index contributed by atoms with van der Waals surface area (Å²) in [5.74, 6) is 0.314. The number of aromatic nitrogens is 2. The first-order chi connectivity index (χ1) is 13.8. The molecule has 1 N–H and O–H groups in total. The molecule has 0 aliphatic carbocycles. The Labute approximate surface area is 173 Å². The van der Waals surface area contributed by atoms with Crippen molar-refractivity contribution in [2.75, 3.05) is 4.72 Å². The van der Waals surface area contributed by atoms with Gasteiger partial charge in [0, 0.05) is 28.9 Å². The molecule has 4 rings (SSSR count). The molecule has 4 aromatic rings. The molecule has 0 amide bonds. The van der Waals surface area contributed by atoms with Gasteiger partial charge in [0.05, 0.1) is 10.6 Å². The van der Waals surface area contributed by atoms with Crippen molar-refractivity contribution in [3.63, 3.8) is 0 Å². The summed E-state index contributed by atoms with van der Waals surface area (Å²) in [5.41, 5.74) is 3.15. The van der Waals surface area contributed by atoms with E-state index >= 15 is 0 Å². The fourth-order valence-electron chi connectivity index (χ4n) is 2.99. The minimum atomic E-state index is -3.82. The minimum Gasteiger partial charge on any atom is -0.445 e. The van der Waals surface area contributed by atoms with Gasteiger partial charge in [0.2, 0.25) is 5.71 Å². The first-order valence-electron chi connectivity index (χ1n) is 8.96. The largest absolute Gasteiger partial charge is 0.445 e. The highest BCUT2D eigenvalue weighted by Gasteiger charge is 2.18. The van der Waals surface area contributed by atoms with Gasteiger partial charge in [0.25, 0.3) is 10.0 Å². The third kappa shape index (κ3) is 3.83. The van der Waals surface area contributed by atoms with Crippen LogP contribution in [0.25, 0.3) is 22.2 Å². The van der Waals surface area contributed by atoms with Crippen molar-refractivity contribution in [3.8, 4) is 11.1 Å². The lowest BCUT2D eigenvalue weighted by molar-refractivity contribution is 0.601. The van der Waals surface area contributed by atoms with E-state index in [-0.39, 0.29) is 15.7 Å². The van der Waals surface area contributed by atoms with Crippen molar-refractivity contribution in [2.24, 2.45) is 0 Å². The number of rotatable bonds is 5. The van der Waals surface area contributed by atoms with Crippen LogP contribution in [0.2, 0.25) is 5.15 Å². The molecule has 0 saturated carbocycles. The maximum absolute atomic E-state index is 12.8. The van der Waals surface area contributed by atoms with Crippen LogP contribution in [-0.4, -0.2) is 18.4 Å². The number of anilines is 1. The molecule has 148 valence electrons. The molecule has 1 aromatic carbocycles. The standard InChI is InChI=1S/C21H18ClN3O3S/c1-13(2)14-5-7-16(8-6-14)29(26,27)25-19-10-15(11-24-20(19)22)18-12-28-21-17(18)4-3-9-23-21/h3-13,25H,1-2H3. The first kappa shape index (κ1) is 19.4. The molecule has 3 heterocycles. The predicted octanol–water partition coefficient (Wildman–Crippen LogP) is 5.47. The average molecular weight is 428 g/mol. The lowest BCUT2D eigenvalue weighted by Gasteiger charge is -2.12. The molecule has 0 radical (unpaired) electrons. The topological polar surface area (TPSA) is 85.1 Å².